The van der Waals surface area contributed by atoms with E-state index in [1.807, 2.05) is 6.07 Å². The molecule has 7 nitrogen and oxygen atoms in total. The maximum absolute atomic E-state index is 13.7. The minimum Gasteiger partial charge on any atom is -0.496 e. The summed E-state index contributed by atoms with van der Waals surface area (Å²) in [4.78, 5) is 24.7. The fraction of sp³-hybridized carbons (Fsp3) is 0.167. The smallest absolute Gasteiger partial charge is 0.251 e. The Morgan fingerprint density at radius 3 is 2.69 bits per heavy atom. The highest BCUT2D eigenvalue weighted by molar-refractivity contribution is 5.97. The van der Waals surface area contributed by atoms with E-state index in [0.717, 1.165) is 5.56 Å². The largest absolute Gasteiger partial charge is 0.496 e. The number of ether oxygens (including phenoxy) is 3. The minimum absolute atomic E-state index is 0.184. The molecule has 0 atom stereocenters. The molecule has 1 aliphatic rings. The van der Waals surface area contributed by atoms with E-state index in [2.05, 4.69) is 10.6 Å². The van der Waals surface area contributed by atoms with Gasteiger partial charge < -0.3 is 24.8 Å². The zero-order valence-corrected chi connectivity index (χ0v) is 17.3. The molecular formula is C24H21FN2O5. The molecule has 8 heteroatoms. The molecule has 0 saturated carbocycles. The van der Waals surface area contributed by atoms with Gasteiger partial charge in [-0.3, -0.25) is 9.59 Å². The van der Waals surface area contributed by atoms with Gasteiger partial charge in [0.25, 0.3) is 5.91 Å². The second-order valence-corrected chi connectivity index (χ2v) is 7.07. The van der Waals surface area contributed by atoms with Gasteiger partial charge in [0, 0.05) is 17.7 Å². The predicted molar refractivity (Wildman–Crippen MR) is 115 cm³/mol. The molecule has 0 unspecified atom stereocenters. The van der Waals surface area contributed by atoms with Gasteiger partial charge in [-0.05, 0) is 53.6 Å². The molecule has 3 aromatic carbocycles. The van der Waals surface area contributed by atoms with Gasteiger partial charge in [-0.2, -0.15) is 0 Å². The molecule has 0 fully saturated rings. The van der Waals surface area contributed by atoms with Crippen molar-refractivity contribution in [2.24, 2.45) is 0 Å². The first-order valence-corrected chi connectivity index (χ1v) is 9.91. The molecule has 0 aromatic heterocycles. The van der Waals surface area contributed by atoms with Crippen LogP contribution in [0, 0.1) is 5.82 Å². The van der Waals surface area contributed by atoms with E-state index < -0.39 is 11.7 Å². The molecule has 0 bridgehead atoms. The van der Waals surface area contributed by atoms with E-state index in [1.165, 1.54) is 25.3 Å². The summed E-state index contributed by atoms with van der Waals surface area (Å²) < 4.78 is 29.6. The number of carbonyl (C=O) groups excluding carboxylic acids is 2. The lowest BCUT2D eigenvalue weighted by Crippen LogP contribution is -2.36. The zero-order chi connectivity index (χ0) is 22.5. The first-order valence-electron chi connectivity index (χ1n) is 9.91. The van der Waals surface area contributed by atoms with Crippen LogP contribution in [0.3, 0.4) is 0 Å². The molecule has 3 aromatic rings. The summed E-state index contributed by atoms with van der Waals surface area (Å²) >= 11 is 0. The fourth-order valence-electron chi connectivity index (χ4n) is 3.31. The number of amides is 2. The number of benzene rings is 3. The molecule has 1 heterocycles. The third-order valence-corrected chi connectivity index (χ3v) is 4.93. The summed E-state index contributed by atoms with van der Waals surface area (Å²) in [7, 11) is 1.50. The molecule has 0 aliphatic carbocycles. The highest BCUT2D eigenvalue weighted by Crippen LogP contribution is 2.32. The van der Waals surface area contributed by atoms with Crippen LogP contribution in [0.1, 0.15) is 15.9 Å². The minimum atomic E-state index is -0.416. The highest BCUT2D eigenvalue weighted by Gasteiger charge is 2.14. The van der Waals surface area contributed by atoms with Crippen molar-refractivity contribution >= 4 is 11.8 Å². The number of methoxy groups -OCH3 is 1. The summed E-state index contributed by atoms with van der Waals surface area (Å²) in [6.45, 7) is 0.293. The second-order valence-electron chi connectivity index (χ2n) is 7.07. The van der Waals surface area contributed by atoms with E-state index in [4.69, 9.17) is 14.2 Å². The van der Waals surface area contributed by atoms with Crippen LogP contribution in [0.4, 0.5) is 4.39 Å². The average molecular weight is 436 g/mol. The van der Waals surface area contributed by atoms with Crippen molar-refractivity contribution in [3.8, 4) is 28.4 Å². The average Bonchev–Trinajstić information content (AvgIpc) is 3.29. The lowest BCUT2D eigenvalue weighted by Gasteiger charge is -2.11. The number of carbonyl (C=O) groups is 2. The lowest BCUT2D eigenvalue weighted by molar-refractivity contribution is -0.120. The van der Waals surface area contributed by atoms with Crippen LogP contribution in [-0.4, -0.2) is 32.3 Å². The first kappa shape index (κ1) is 21.2. The first-order chi connectivity index (χ1) is 15.5. The summed E-state index contributed by atoms with van der Waals surface area (Å²) in [5.74, 6) is 0.645. The van der Waals surface area contributed by atoms with Gasteiger partial charge in [-0.15, -0.1) is 0 Å². The molecule has 4 rings (SSSR count). The van der Waals surface area contributed by atoms with E-state index in [1.54, 1.807) is 36.4 Å². The number of rotatable bonds is 7. The van der Waals surface area contributed by atoms with Crippen LogP contribution in [0.25, 0.3) is 11.1 Å². The van der Waals surface area contributed by atoms with Crippen LogP contribution >= 0.6 is 0 Å². The second kappa shape index (κ2) is 9.38. The Bertz CT molecular complexity index is 1160. The molecule has 0 saturated heterocycles. The Labute approximate surface area is 184 Å². The lowest BCUT2D eigenvalue weighted by atomic mass is 10.0. The number of hydrogen-bond donors (Lipinski definition) is 2. The maximum atomic E-state index is 13.7. The maximum Gasteiger partial charge on any atom is 0.251 e. The van der Waals surface area contributed by atoms with E-state index in [-0.39, 0.29) is 19.2 Å². The Kier molecular flexibility index (Phi) is 6.21. The SMILES string of the molecule is COc1ccc(F)cc1-c1cccc(C(=O)NCC(=O)NCc2ccc3c(c2)OCO3)c1. The van der Waals surface area contributed by atoms with Gasteiger partial charge >= 0.3 is 0 Å². The number of halogens is 1. The third kappa shape index (κ3) is 4.80. The van der Waals surface area contributed by atoms with E-state index >= 15 is 0 Å². The van der Waals surface area contributed by atoms with Crippen LogP contribution in [0.2, 0.25) is 0 Å². The van der Waals surface area contributed by atoms with Gasteiger partial charge in [-0.1, -0.05) is 18.2 Å². The van der Waals surface area contributed by atoms with Crippen molar-refractivity contribution in [3.05, 3.63) is 77.6 Å². The molecule has 1 aliphatic heterocycles. The van der Waals surface area contributed by atoms with Gasteiger partial charge in [0.15, 0.2) is 11.5 Å². The van der Waals surface area contributed by atoms with Crippen LogP contribution < -0.4 is 24.8 Å². The topological polar surface area (TPSA) is 85.9 Å². The molecule has 164 valence electrons. The Morgan fingerprint density at radius 2 is 1.84 bits per heavy atom. The molecule has 2 amide bonds. The summed E-state index contributed by atoms with van der Waals surface area (Å²) in [6.07, 6.45) is 0. The van der Waals surface area contributed by atoms with Crippen molar-refractivity contribution in [2.75, 3.05) is 20.4 Å². The molecule has 2 N–H and O–H groups in total. The van der Waals surface area contributed by atoms with E-state index in [9.17, 15) is 14.0 Å². The highest BCUT2D eigenvalue weighted by atomic mass is 19.1. The Morgan fingerprint density at radius 1 is 1.00 bits per heavy atom. The number of nitrogens with one attached hydrogen (secondary N) is 2. The Balaban J connectivity index is 1.34. The van der Waals surface area contributed by atoms with Crippen molar-refractivity contribution < 1.29 is 28.2 Å². The summed E-state index contributed by atoms with van der Waals surface area (Å²) in [5, 5.41) is 5.34. The van der Waals surface area contributed by atoms with Crippen LogP contribution in [0.15, 0.2) is 60.7 Å². The summed E-state index contributed by atoms with van der Waals surface area (Å²) in [6, 6.07) is 16.3. The quantitative estimate of drug-likeness (QED) is 0.594. The standard InChI is InChI=1S/C24H21FN2O5/c1-30-20-8-6-18(25)11-19(20)16-3-2-4-17(10-16)24(29)27-13-23(28)26-12-15-5-7-21-22(9-15)32-14-31-21/h2-11H,12-14H2,1H3,(H,26,28)(H,27,29). The Hall–Kier alpha value is -4.07. The molecule has 0 spiro atoms. The predicted octanol–water partition coefficient (Wildman–Crippen LogP) is 3.28. The fourth-order valence-corrected chi connectivity index (χ4v) is 3.31. The number of hydrogen-bond acceptors (Lipinski definition) is 5. The van der Waals surface area contributed by atoms with Crippen molar-refractivity contribution in [2.45, 2.75) is 6.54 Å². The van der Waals surface area contributed by atoms with Gasteiger partial charge in [0.05, 0.1) is 13.7 Å². The monoisotopic (exact) mass is 436 g/mol. The molecular weight excluding hydrogens is 415 g/mol. The van der Waals surface area contributed by atoms with Crippen molar-refractivity contribution in [1.82, 2.24) is 10.6 Å². The molecule has 32 heavy (non-hydrogen) atoms. The van der Waals surface area contributed by atoms with Gasteiger partial charge in [-0.25, -0.2) is 4.39 Å². The third-order valence-electron chi connectivity index (χ3n) is 4.93. The van der Waals surface area contributed by atoms with Gasteiger partial charge in [0.1, 0.15) is 11.6 Å². The van der Waals surface area contributed by atoms with Gasteiger partial charge in [0.2, 0.25) is 12.7 Å². The molecule has 0 radical (unpaired) electrons. The normalized spacial score (nSPS) is 11.7. The van der Waals surface area contributed by atoms with Crippen molar-refractivity contribution in [3.63, 3.8) is 0 Å². The summed E-state index contributed by atoms with van der Waals surface area (Å²) in [5.41, 5.74) is 2.35. The van der Waals surface area contributed by atoms with Crippen LogP contribution in [-0.2, 0) is 11.3 Å². The number of fused-ring (bicyclic) bond motifs is 1. The van der Waals surface area contributed by atoms with Crippen LogP contribution in [0.5, 0.6) is 17.2 Å². The van der Waals surface area contributed by atoms with E-state index in [0.29, 0.717) is 40.5 Å². The zero-order valence-electron chi connectivity index (χ0n) is 17.3. The van der Waals surface area contributed by atoms with Crippen molar-refractivity contribution in [1.29, 1.82) is 0 Å².